The summed E-state index contributed by atoms with van der Waals surface area (Å²) in [4.78, 5) is 25.1. The molecule has 1 aliphatic rings. The van der Waals surface area contributed by atoms with Crippen molar-refractivity contribution in [3.05, 3.63) is 17.0 Å². The van der Waals surface area contributed by atoms with E-state index in [-0.39, 0.29) is 21.9 Å². The number of carbonyl (C=O) groups is 2. The Morgan fingerprint density at radius 1 is 1.38 bits per heavy atom. The van der Waals surface area contributed by atoms with Gasteiger partial charge in [-0.2, -0.15) is 0 Å². The molecule has 1 saturated heterocycles. The topological polar surface area (TPSA) is 122 Å². The molecule has 0 aromatic carbocycles. The molecule has 8 nitrogen and oxygen atoms in total. The van der Waals surface area contributed by atoms with Crippen LogP contribution >= 0.6 is 11.3 Å². The Kier molecular flexibility index (Phi) is 7.56. The Bertz CT molecular complexity index is 732. The number of nitrogens with one attached hydrogen (secondary N) is 2. The number of piperidine rings is 1. The maximum atomic E-state index is 12.3. The summed E-state index contributed by atoms with van der Waals surface area (Å²) in [5.74, 6) is -0.519. The third-order valence-corrected chi connectivity index (χ3v) is 7.30. The molecule has 1 aromatic heterocycles. The zero-order valence-electron chi connectivity index (χ0n) is 14.9. The van der Waals surface area contributed by atoms with Gasteiger partial charge < -0.3 is 16.0 Å². The first-order chi connectivity index (χ1) is 12.3. The Morgan fingerprint density at radius 2 is 2.15 bits per heavy atom. The average molecular weight is 403 g/mol. The third kappa shape index (κ3) is 6.35. The van der Waals surface area contributed by atoms with Crippen LogP contribution < -0.4 is 15.8 Å². The smallest absolute Gasteiger partial charge is 0.250 e. The molecule has 26 heavy (non-hydrogen) atoms. The SMILES string of the molecule is CC(=O)NCc1ccc(S(=O)(=O)NCCCN2CCCC(C(N)=O)C2)s1. The van der Waals surface area contributed by atoms with Gasteiger partial charge in [-0.05, 0) is 44.5 Å². The molecular weight excluding hydrogens is 376 g/mol. The highest BCUT2D eigenvalue weighted by Crippen LogP contribution is 2.21. The molecular formula is C16H26N4O4S2. The second-order valence-electron chi connectivity index (χ2n) is 6.42. The third-order valence-electron chi connectivity index (χ3n) is 4.26. The van der Waals surface area contributed by atoms with Crippen molar-refractivity contribution >= 4 is 33.2 Å². The summed E-state index contributed by atoms with van der Waals surface area (Å²) < 4.78 is 27.5. The first-order valence-electron chi connectivity index (χ1n) is 8.62. The van der Waals surface area contributed by atoms with E-state index >= 15 is 0 Å². The maximum absolute atomic E-state index is 12.3. The summed E-state index contributed by atoms with van der Waals surface area (Å²) in [6.07, 6.45) is 2.43. The molecule has 0 spiro atoms. The number of rotatable bonds is 9. The first-order valence-corrected chi connectivity index (χ1v) is 10.9. The number of amides is 2. The van der Waals surface area contributed by atoms with Crippen LogP contribution in [-0.4, -0.2) is 51.3 Å². The molecule has 10 heteroatoms. The molecule has 2 amide bonds. The van der Waals surface area contributed by atoms with E-state index in [1.165, 1.54) is 6.92 Å². The fraction of sp³-hybridized carbons (Fsp3) is 0.625. The number of hydrogen-bond acceptors (Lipinski definition) is 6. The van der Waals surface area contributed by atoms with E-state index in [1.54, 1.807) is 12.1 Å². The standard InChI is InChI=1S/C16H26N4O4S2/c1-12(21)18-10-14-5-6-15(25-14)26(23,24)19-7-3-9-20-8-2-4-13(11-20)16(17)22/h5-6,13,19H,2-4,7-11H2,1H3,(H2,17,22)(H,18,21). The average Bonchev–Trinajstić information content (AvgIpc) is 3.07. The number of carbonyl (C=O) groups excluding carboxylic acids is 2. The number of likely N-dealkylation sites (tertiary alicyclic amines) is 1. The van der Waals surface area contributed by atoms with Crippen molar-refractivity contribution in [2.45, 2.75) is 36.9 Å². The van der Waals surface area contributed by atoms with Crippen LogP contribution in [-0.2, 0) is 26.2 Å². The molecule has 2 rings (SSSR count). The lowest BCUT2D eigenvalue weighted by Gasteiger charge is -2.31. The summed E-state index contributed by atoms with van der Waals surface area (Å²) in [6, 6.07) is 3.25. The molecule has 2 heterocycles. The van der Waals surface area contributed by atoms with Gasteiger partial charge in [-0.25, -0.2) is 13.1 Å². The second-order valence-corrected chi connectivity index (χ2v) is 9.59. The van der Waals surface area contributed by atoms with Gasteiger partial charge in [-0.15, -0.1) is 11.3 Å². The van der Waals surface area contributed by atoms with E-state index in [2.05, 4.69) is 14.9 Å². The van der Waals surface area contributed by atoms with E-state index in [4.69, 9.17) is 5.73 Å². The Labute approximate surface area is 158 Å². The largest absolute Gasteiger partial charge is 0.369 e. The van der Waals surface area contributed by atoms with Crippen molar-refractivity contribution in [1.29, 1.82) is 0 Å². The molecule has 0 radical (unpaired) electrons. The predicted octanol–water partition coefficient (Wildman–Crippen LogP) is 0.250. The monoisotopic (exact) mass is 402 g/mol. The van der Waals surface area contributed by atoms with E-state index < -0.39 is 10.0 Å². The van der Waals surface area contributed by atoms with Gasteiger partial charge in [0.2, 0.25) is 21.8 Å². The van der Waals surface area contributed by atoms with Crippen molar-refractivity contribution in [2.24, 2.45) is 11.7 Å². The molecule has 1 unspecified atom stereocenters. The van der Waals surface area contributed by atoms with Crippen LogP contribution in [0.5, 0.6) is 0 Å². The summed E-state index contributed by atoms with van der Waals surface area (Å²) in [5.41, 5.74) is 5.37. The van der Waals surface area contributed by atoms with E-state index in [1.807, 2.05) is 0 Å². The van der Waals surface area contributed by atoms with Crippen molar-refractivity contribution in [3.8, 4) is 0 Å². The quantitative estimate of drug-likeness (QED) is 0.511. The molecule has 0 aliphatic carbocycles. The van der Waals surface area contributed by atoms with Gasteiger partial charge >= 0.3 is 0 Å². The zero-order chi connectivity index (χ0) is 19.2. The van der Waals surface area contributed by atoms with Gasteiger partial charge in [-0.3, -0.25) is 9.59 Å². The minimum atomic E-state index is -3.54. The van der Waals surface area contributed by atoms with E-state index in [9.17, 15) is 18.0 Å². The zero-order valence-corrected chi connectivity index (χ0v) is 16.5. The van der Waals surface area contributed by atoms with Gasteiger partial charge in [0.1, 0.15) is 4.21 Å². The fourth-order valence-electron chi connectivity index (χ4n) is 2.88. The maximum Gasteiger partial charge on any atom is 0.250 e. The molecule has 0 bridgehead atoms. The van der Waals surface area contributed by atoms with Crippen LogP contribution in [0.4, 0.5) is 0 Å². The molecule has 4 N–H and O–H groups in total. The Morgan fingerprint density at radius 3 is 2.85 bits per heavy atom. The normalized spacial score (nSPS) is 18.6. The highest BCUT2D eigenvalue weighted by Gasteiger charge is 2.23. The number of nitrogens with zero attached hydrogens (tertiary/aromatic N) is 1. The van der Waals surface area contributed by atoms with Crippen molar-refractivity contribution in [1.82, 2.24) is 14.9 Å². The van der Waals surface area contributed by atoms with Crippen LogP contribution in [0.3, 0.4) is 0 Å². The number of hydrogen-bond donors (Lipinski definition) is 3. The van der Waals surface area contributed by atoms with Crippen LogP contribution in [0.2, 0.25) is 0 Å². The second kappa shape index (κ2) is 9.45. The van der Waals surface area contributed by atoms with Gasteiger partial charge in [0, 0.05) is 24.9 Å². The van der Waals surface area contributed by atoms with Crippen molar-refractivity contribution in [2.75, 3.05) is 26.2 Å². The minimum Gasteiger partial charge on any atom is -0.369 e. The summed E-state index contributed by atoms with van der Waals surface area (Å²) in [6.45, 7) is 4.36. The molecule has 1 aliphatic heterocycles. The summed E-state index contributed by atoms with van der Waals surface area (Å²) in [7, 11) is -3.54. The lowest BCUT2D eigenvalue weighted by molar-refractivity contribution is -0.123. The van der Waals surface area contributed by atoms with Gasteiger partial charge in [-0.1, -0.05) is 0 Å². The number of sulfonamides is 1. The highest BCUT2D eigenvalue weighted by atomic mass is 32.2. The van der Waals surface area contributed by atoms with E-state index in [0.29, 0.717) is 26.1 Å². The number of primary amides is 1. The molecule has 1 fully saturated rings. The minimum absolute atomic E-state index is 0.103. The van der Waals surface area contributed by atoms with Crippen LogP contribution in [0.1, 0.15) is 31.1 Å². The van der Waals surface area contributed by atoms with Gasteiger partial charge in [0.05, 0.1) is 12.5 Å². The summed E-state index contributed by atoms with van der Waals surface area (Å²) in [5, 5.41) is 2.64. The molecule has 146 valence electrons. The van der Waals surface area contributed by atoms with Gasteiger partial charge in [0.25, 0.3) is 0 Å². The molecule has 1 atom stereocenters. The lowest BCUT2D eigenvalue weighted by atomic mass is 9.97. The van der Waals surface area contributed by atoms with E-state index in [0.717, 1.165) is 42.1 Å². The number of nitrogens with two attached hydrogens (primary N) is 1. The molecule has 0 saturated carbocycles. The molecule has 1 aromatic rings. The summed E-state index contributed by atoms with van der Waals surface area (Å²) >= 11 is 1.14. The van der Waals surface area contributed by atoms with Crippen LogP contribution in [0.25, 0.3) is 0 Å². The fourth-order valence-corrected chi connectivity index (χ4v) is 5.29. The first kappa shape index (κ1) is 20.8. The Balaban J connectivity index is 1.76. The van der Waals surface area contributed by atoms with Gasteiger partial charge in [0.15, 0.2) is 0 Å². The van der Waals surface area contributed by atoms with Crippen molar-refractivity contribution in [3.63, 3.8) is 0 Å². The Hall–Kier alpha value is -1.49. The lowest BCUT2D eigenvalue weighted by Crippen LogP contribution is -2.42. The predicted molar refractivity (Wildman–Crippen MR) is 100 cm³/mol. The number of thiophene rings is 1. The van der Waals surface area contributed by atoms with Crippen LogP contribution in [0, 0.1) is 5.92 Å². The van der Waals surface area contributed by atoms with Crippen LogP contribution in [0.15, 0.2) is 16.3 Å². The highest BCUT2D eigenvalue weighted by molar-refractivity contribution is 7.91. The van der Waals surface area contributed by atoms with Crippen molar-refractivity contribution < 1.29 is 18.0 Å².